The quantitative estimate of drug-likeness (QED) is 0.358. The minimum Gasteiger partial charge on any atom is -0.354 e. The van der Waals surface area contributed by atoms with Crippen molar-refractivity contribution in [1.29, 1.82) is 0 Å². The van der Waals surface area contributed by atoms with Gasteiger partial charge in [0.2, 0.25) is 11.8 Å². The Morgan fingerprint density at radius 1 is 0.912 bits per heavy atom. The molecule has 0 radical (unpaired) electrons. The van der Waals surface area contributed by atoms with Gasteiger partial charge in [0.25, 0.3) is 0 Å². The van der Waals surface area contributed by atoms with Crippen molar-refractivity contribution in [3.05, 3.63) is 106 Å². The Labute approximate surface area is 207 Å². The van der Waals surface area contributed by atoms with E-state index in [1.54, 1.807) is 4.90 Å². The Hall–Kier alpha value is -3.11. The van der Waals surface area contributed by atoms with Gasteiger partial charge in [-0.3, -0.25) is 9.59 Å². The van der Waals surface area contributed by atoms with Gasteiger partial charge in [-0.1, -0.05) is 91.7 Å². The zero-order valence-electron chi connectivity index (χ0n) is 20.0. The van der Waals surface area contributed by atoms with Crippen molar-refractivity contribution >= 4 is 23.4 Å². The second kappa shape index (κ2) is 13.0. The first kappa shape index (κ1) is 25.5. The molecule has 0 bridgehead atoms. The van der Waals surface area contributed by atoms with Crippen LogP contribution in [0.25, 0.3) is 0 Å². The summed E-state index contributed by atoms with van der Waals surface area (Å²) < 4.78 is 0. The summed E-state index contributed by atoms with van der Waals surface area (Å²) in [4.78, 5) is 28.9. The summed E-state index contributed by atoms with van der Waals surface area (Å²) in [6.07, 6.45) is 2.59. The number of unbranched alkanes of at least 4 members (excludes halogenated alkanes) is 1. The van der Waals surface area contributed by atoms with Crippen LogP contribution in [0.15, 0.2) is 78.9 Å². The molecule has 178 valence electrons. The molecular weight excluding hydrogens is 444 g/mol. The summed E-state index contributed by atoms with van der Waals surface area (Å²) in [5.74, 6) is -0.194. The van der Waals surface area contributed by atoms with Crippen molar-refractivity contribution in [2.24, 2.45) is 0 Å². The number of carbonyl (C=O) groups is 2. The molecule has 1 N–H and O–H groups in total. The third-order valence-corrected chi connectivity index (χ3v) is 6.22. The smallest absolute Gasteiger partial charge is 0.243 e. The highest BCUT2D eigenvalue weighted by molar-refractivity contribution is 6.30. The lowest BCUT2D eigenvalue weighted by molar-refractivity contribution is -0.140. The molecular formula is C29H33ClN2O2. The Morgan fingerprint density at radius 3 is 2.26 bits per heavy atom. The zero-order valence-corrected chi connectivity index (χ0v) is 20.7. The molecule has 0 aliphatic carbocycles. The molecule has 3 rings (SSSR count). The fourth-order valence-electron chi connectivity index (χ4n) is 3.92. The van der Waals surface area contributed by atoms with E-state index in [-0.39, 0.29) is 18.2 Å². The molecule has 3 aromatic rings. The van der Waals surface area contributed by atoms with Gasteiger partial charge in [0.15, 0.2) is 0 Å². The highest BCUT2D eigenvalue weighted by Crippen LogP contribution is 2.19. The molecule has 5 heteroatoms. The summed E-state index contributed by atoms with van der Waals surface area (Å²) in [5, 5.41) is 3.69. The van der Waals surface area contributed by atoms with Crippen LogP contribution in [0.3, 0.4) is 0 Å². The van der Waals surface area contributed by atoms with Crippen molar-refractivity contribution in [1.82, 2.24) is 10.2 Å². The highest BCUT2D eigenvalue weighted by atomic mass is 35.5. The zero-order chi connectivity index (χ0) is 24.3. The molecule has 0 aliphatic heterocycles. The number of nitrogens with one attached hydrogen (secondary N) is 1. The second-order valence-corrected chi connectivity index (χ2v) is 9.04. The molecule has 4 nitrogen and oxygen atoms in total. The number of carbonyl (C=O) groups excluding carboxylic acids is 2. The molecule has 34 heavy (non-hydrogen) atoms. The lowest BCUT2D eigenvalue weighted by Gasteiger charge is -2.32. The number of benzene rings is 3. The maximum Gasteiger partial charge on any atom is 0.243 e. The van der Waals surface area contributed by atoms with E-state index in [2.05, 4.69) is 12.2 Å². The summed E-state index contributed by atoms with van der Waals surface area (Å²) in [7, 11) is 0. The third-order valence-electron chi connectivity index (χ3n) is 5.97. The van der Waals surface area contributed by atoms with Crippen molar-refractivity contribution < 1.29 is 9.59 Å². The Balaban J connectivity index is 1.94. The molecule has 1 atom stereocenters. The van der Waals surface area contributed by atoms with E-state index in [1.807, 2.05) is 85.8 Å². The second-order valence-electron chi connectivity index (χ2n) is 8.60. The number of hydrogen-bond donors (Lipinski definition) is 1. The van der Waals surface area contributed by atoms with Gasteiger partial charge in [-0.05, 0) is 47.7 Å². The minimum absolute atomic E-state index is 0.0733. The number of amides is 2. The van der Waals surface area contributed by atoms with Crippen LogP contribution < -0.4 is 5.32 Å². The fourth-order valence-corrected chi connectivity index (χ4v) is 4.05. The van der Waals surface area contributed by atoms with E-state index in [0.29, 0.717) is 24.5 Å². The average Bonchev–Trinajstić information content (AvgIpc) is 2.84. The van der Waals surface area contributed by atoms with E-state index >= 15 is 0 Å². The maximum atomic E-state index is 13.7. The van der Waals surface area contributed by atoms with Crippen LogP contribution in [0, 0.1) is 6.92 Å². The highest BCUT2D eigenvalue weighted by Gasteiger charge is 2.30. The monoisotopic (exact) mass is 476 g/mol. The summed E-state index contributed by atoms with van der Waals surface area (Å²) in [6.45, 7) is 5.03. The van der Waals surface area contributed by atoms with E-state index in [0.717, 1.165) is 35.1 Å². The van der Waals surface area contributed by atoms with Gasteiger partial charge < -0.3 is 10.2 Å². The van der Waals surface area contributed by atoms with Crippen molar-refractivity contribution in [3.63, 3.8) is 0 Å². The lowest BCUT2D eigenvalue weighted by atomic mass is 10.00. The molecule has 0 spiro atoms. The minimum atomic E-state index is -0.619. The molecule has 0 saturated carbocycles. The van der Waals surface area contributed by atoms with Gasteiger partial charge >= 0.3 is 0 Å². The van der Waals surface area contributed by atoms with E-state index in [9.17, 15) is 9.59 Å². The number of rotatable bonds is 11. The Kier molecular flexibility index (Phi) is 9.72. The largest absolute Gasteiger partial charge is 0.354 e. The number of hydrogen-bond acceptors (Lipinski definition) is 2. The first-order valence-electron chi connectivity index (χ1n) is 11.9. The molecule has 0 unspecified atom stereocenters. The number of nitrogens with zero attached hydrogens (tertiary/aromatic N) is 1. The SMILES string of the molecule is CCCCNC(=O)[C@H](Cc1ccccc1)N(Cc1ccc(Cl)cc1)C(=O)Cc1ccccc1C. The molecule has 0 fully saturated rings. The Morgan fingerprint density at radius 2 is 1.59 bits per heavy atom. The van der Waals surface area contributed by atoms with Crippen LogP contribution in [0.1, 0.15) is 42.0 Å². The van der Waals surface area contributed by atoms with Crippen LogP contribution in [0.2, 0.25) is 5.02 Å². The fraction of sp³-hybridized carbons (Fsp3) is 0.310. The predicted octanol–water partition coefficient (Wildman–Crippen LogP) is 5.75. The molecule has 0 heterocycles. The normalized spacial score (nSPS) is 11.6. The van der Waals surface area contributed by atoms with E-state index in [1.165, 1.54) is 0 Å². The van der Waals surface area contributed by atoms with Crippen LogP contribution in [-0.2, 0) is 29.0 Å². The van der Waals surface area contributed by atoms with Gasteiger partial charge in [-0.15, -0.1) is 0 Å². The topological polar surface area (TPSA) is 49.4 Å². The lowest BCUT2D eigenvalue weighted by Crippen LogP contribution is -2.51. The van der Waals surface area contributed by atoms with Crippen molar-refractivity contribution in [2.45, 2.75) is 52.1 Å². The van der Waals surface area contributed by atoms with Crippen LogP contribution >= 0.6 is 11.6 Å². The van der Waals surface area contributed by atoms with E-state index in [4.69, 9.17) is 11.6 Å². The van der Waals surface area contributed by atoms with Gasteiger partial charge in [0.05, 0.1) is 6.42 Å². The summed E-state index contributed by atoms with van der Waals surface area (Å²) >= 11 is 6.08. The van der Waals surface area contributed by atoms with Crippen molar-refractivity contribution in [3.8, 4) is 0 Å². The molecule has 3 aromatic carbocycles. The van der Waals surface area contributed by atoms with Crippen LogP contribution in [0.4, 0.5) is 0 Å². The van der Waals surface area contributed by atoms with Gasteiger partial charge in [0, 0.05) is 24.5 Å². The maximum absolute atomic E-state index is 13.7. The first-order valence-corrected chi connectivity index (χ1v) is 12.3. The number of halogens is 1. The summed E-state index contributed by atoms with van der Waals surface area (Å²) in [6, 6.07) is 24.6. The molecule has 0 saturated heterocycles. The van der Waals surface area contributed by atoms with Gasteiger partial charge in [-0.25, -0.2) is 0 Å². The average molecular weight is 477 g/mol. The van der Waals surface area contributed by atoms with Crippen molar-refractivity contribution in [2.75, 3.05) is 6.54 Å². The van der Waals surface area contributed by atoms with Gasteiger partial charge in [-0.2, -0.15) is 0 Å². The molecule has 2 amide bonds. The third kappa shape index (κ3) is 7.46. The van der Waals surface area contributed by atoms with Crippen LogP contribution in [0.5, 0.6) is 0 Å². The molecule has 0 aliphatic rings. The van der Waals surface area contributed by atoms with E-state index < -0.39 is 6.04 Å². The number of aryl methyl sites for hydroxylation is 1. The predicted molar refractivity (Wildman–Crippen MR) is 139 cm³/mol. The Bertz CT molecular complexity index is 1070. The van der Waals surface area contributed by atoms with Crippen LogP contribution in [-0.4, -0.2) is 29.3 Å². The summed E-state index contributed by atoms with van der Waals surface area (Å²) in [5.41, 5.74) is 3.98. The van der Waals surface area contributed by atoms with Gasteiger partial charge in [0.1, 0.15) is 6.04 Å². The molecule has 0 aromatic heterocycles. The standard InChI is InChI=1S/C29H33ClN2O2/c1-3-4-18-31-29(34)27(19-23-11-6-5-7-12-23)32(21-24-14-16-26(30)17-15-24)28(33)20-25-13-9-8-10-22(25)2/h5-17,27H,3-4,18-21H2,1-2H3,(H,31,34)/t27-/m0/s1. The first-order chi connectivity index (χ1) is 16.5.